The zero-order valence-corrected chi connectivity index (χ0v) is 11.4. The van der Waals surface area contributed by atoms with Gasteiger partial charge in [-0.25, -0.2) is 0 Å². The van der Waals surface area contributed by atoms with Crippen molar-refractivity contribution in [2.75, 3.05) is 33.7 Å². The van der Waals surface area contributed by atoms with Gasteiger partial charge in [-0.1, -0.05) is 25.7 Å². The standard InChI is InChI=1S/C13H25F3N2/c1-17-9-12(7-5-3-4-6-8-12)10-18(2)11-13(14,15)16/h17H,3-11H2,1-2H3. The van der Waals surface area contributed by atoms with E-state index in [1.807, 2.05) is 7.05 Å². The van der Waals surface area contributed by atoms with E-state index in [0.29, 0.717) is 6.54 Å². The molecule has 1 N–H and O–H groups in total. The monoisotopic (exact) mass is 266 g/mol. The highest BCUT2D eigenvalue weighted by atomic mass is 19.4. The Morgan fingerprint density at radius 3 is 2.11 bits per heavy atom. The normalized spacial score (nSPS) is 21.0. The van der Waals surface area contributed by atoms with Crippen LogP contribution in [0.1, 0.15) is 38.5 Å². The average Bonchev–Trinajstić information content (AvgIpc) is 2.41. The lowest BCUT2D eigenvalue weighted by Crippen LogP contribution is -2.44. The topological polar surface area (TPSA) is 15.3 Å². The smallest absolute Gasteiger partial charge is 0.319 e. The molecule has 0 spiro atoms. The van der Waals surface area contributed by atoms with Crippen molar-refractivity contribution in [3.8, 4) is 0 Å². The Morgan fingerprint density at radius 1 is 1.11 bits per heavy atom. The van der Waals surface area contributed by atoms with E-state index in [9.17, 15) is 13.2 Å². The van der Waals surface area contributed by atoms with Crippen molar-refractivity contribution in [1.29, 1.82) is 0 Å². The van der Waals surface area contributed by atoms with Gasteiger partial charge in [0.1, 0.15) is 0 Å². The van der Waals surface area contributed by atoms with Crippen molar-refractivity contribution in [3.05, 3.63) is 0 Å². The van der Waals surface area contributed by atoms with Gasteiger partial charge < -0.3 is 5.32 Å². The summed E-state index contributed by atoms with van der Waals surface area (Å²) >= 11 is 0. The van der Waals surface area contributed by atoms with Crippen LogP contribution >= 0.6 is 0 Å². The summed E-state index contributed by atoms with van der Waals surface area (Å²) in [6.45, 7) is 0.543. The first-order chi connectivity index (χ1) is 8.37. The van der Waals surface area contributed by atoms with Crippen molar-refractivity contribution in [1.82, 2.24) is 10.2 Å². The molecule has 0 bridgehead atoms. The Kier molecular flexibility index (Phi) is 5.92. The minimum atomic E-state index is -4.10. The molecule has 0 aromatic heterocycles. The van der Waals surface area contributed by atoms with Gasteiger partial charge in [-0.15, -0.1) is 0 Å². The summed E-state index contributed by atoms with van der Waals surface area (Å²) in [5.74, 6) is 0. The van der Waals surface area contributed by atoms with Gasteiger partial charge in [0.15, 0.2) is 0 Å². The van der Waals surface area contributed by atoms with Crippen LogP contribution in [0.25, 0.3) is 0 Å². The van der Waals surface area contributed by atoms with Crippen LogP contribution in [-0.2, 0) is 0 Å². The molecule has 0 heterocycles. The second kappa shape index (κ2) is 6.75. The first-order valence-corrected chi connectivity index (χ1v) is 6.77. The Bertz CT molecular complexity index is 233. The van der Waals surface area contributed by atoms with Crippen LogP contribution in [0.15, 0.2) is 0 Å². The largest absolute Gasteiger partial charge is 0.401 e. The Balaban J connectivity index is 2.60. The molecule has 0 aromatic carbocycles. The van der Waals surface area contributed by atoms with Crippen LogP contribution in [-0.4, -0.2) is 44.8 Å². The van der Waals surface area contributed by atoms with Gasteiger partial charge in [-0.2, -0.15) is 13.2 Å². The lowest BCUT2D eigenvalue weighted by Gasteiger charge is -2.37. The van der Waals surface area contributed by atoms with Gasteiger partial charge in [0.2, 0.25) is 0 Å². The lowest BCUT2D eigenvalue weighted by atomic mass is 9.79. The second-order valence-electron chi connectivity index (χ2n) is 5.73. The van der Waals surface area contributed by atoms with E-state index < -0.39 is 12.7 Å². The molecule has 1 rings (SSSR count). The third kappa shape index (κ3) is 5.57. The number of nitrogens with zero attached hydrogens (tertiary/aromatic N) is 1. The molecule has 0 aromatic rings. The Hall–Kier alpha value is -0.290. The Morgan fingerprint density at radius 2 is 1.67 bits per heavy atom. The van der Waals surface area contributed by atoms with Gasteiger partial charge in [-0.3, -0.25) is 4.90 Å². The zero-order valence-electron chi connectivity index (χ0n) is 11.4. The summed E-state index contributed by atoms with van der Waals surface area (Å²) in [6, 6.07) is 0. The maximum Gasteiger partial charge on any atom is 0.401 e. The lowest BCUT2D eigenvalue weighted by molar-refractivity contribution is -0.146. The predicted molar refractivity (Wildman–Crippen MR) is 67.6 cm³/mol. The van der Waals surface area contributed by atoms with Crippen molar-refractivity contribution in [2.45, 2.75) is 44.7 Å². The second-order valence-corrected chi connectivity index (χ2v) is 5.73. The van der Waals surface area contributed by atoms with Crippen LogP contribution in [0.4, 0.5) is 13.2 Å². The number of rotatable bonds is 5. The van der Waals surface area contributed by atoms with Crippen LogP contribution in [0.5, 0.6) is 0 Å². The number of hydrogen-bond acceptors (Lipinski definition) is 2. The minimum absolute atomic E-state index is 0.0191. The SMILES string of the molecule is CNCC1(CN(C)CC(F)(F)F)CCCCCC1. The van der Waals surface area contributed by atoms with Gasteiger partial charge in [0, 0.05) is 13.1 Å². The van der Waals surface area contributed by atoms with Gasteiger partial charge >= 0.3 is 6.18 Å². The van der Waals surface area contributed by atoms with Crippen molar-refractivity contribution >= 4 is 0 Å². The number of hydrogen-bond donors (Lipinski definition) is 1. The minimum Gasteiger partial charge on any atom is -0.319 e. The van der Waals surface area contributed by atoms with Crippen LogP contribution in [0.3, 0.4) is 0 Å². The van der Waals surface area contributed by atoms with Crippen molar-refractivity contribution in [2.24, 2.45) is 5.41 Å². The van der Waals surface area contributed by atoms with E-state index in [2.05, 4.69) is 5.32 Å². The molecule has 2 nitrogen and oxygen atoms in total. The maximum atomic E-state index is 12.4. The van der Waals surface area contributed by atoms with E-state index in [1.54, 1.807) is 7.05 Å². The predicted octanol–water partition coefficient (Wildman–Crippen LogP) is 3.04. The summed E-state index contributed by atoms with van der Waals surface area (Å²) in [7, 11) is 3.46. The van der Waals surface area contributed by atoms with E-state index in [1.165, 1.54) is 17.7 Å². The molecule has 1 aliphatic carbocycles. The summed E-state index contributed by atoms with van der Waals surface area (Å²) < 4.78 is 37.2. The third-order valence-corrected chi connectivity index (χ3v) is 3.77. The molecule has 0 saturated heterocycles. The first-order valence-electron chi connectivity index (χ1n) is 6.77. The molecule has 5 heteroatoms. The van der Waals surface area contributed by atoms with Gasteiger partial charge in [0.25, 0.3) is 0 Å². The van der Waals surface area contributed by atoms with E-state index in [4.69, 9.17) is 0 Å². The molecule has 1 fully saturated rings. The molecule has 1 saturated carbocycles. The quantitative estimate of drug-likeness (QED) is 0.769. The number of nitrogens with one attached hydrogen (secondary N) is 1. The molecule has 0 atom stereocenters. The number of alkyl halides is 3. The van der Waals surface area contributed by atoms with Crippen LogP contribution < -0.4 is 5.32 Å². The highest BCUT2D eigenvalue weighted by Crippen LogP contribution is 2.35. The molecular formula is C13H25F3N2. The third-order valence-electron chi connectivity index (χ3n) is 3.77. The molecule has 0 radical (unpaired) electrons. The zero-order chi connectivity index (χ0) is 13.6. The van der Waals surface area contributed by atoms with E-state index >= 15 is 0 Å². The van der Waals surface area contributed by atoms with Crippen molar-refractivity contribution < 1.29 is 13.2 Å². The summed E-state index contributed by atoms with van der Waals surface area (Å²) in [4.78, 5) is 1.43. The first kappa shape index (κ1) is 15.8. The highest BCUT2D eigenvalue weighted by molar-refractivity contribution is 4.86. The fourth-order valence-corrected chi connectivity index (χ4v) is 3.18. The summed E-state index contributed by atoms with van der Waals surface area (Å²) in [5.41, 5.74) is 0.0191. The fourth-order valence-electron chi connectivity index (χ4n) is 3.18. The molecular weight excluding hydrogens is 241 g/mol. The van der Waals surface area contributed by atoms with Crippen LogP contribution in [0, 0.1) is 5.41 Å². The number of halogens is 3. The summed E-state index contributed by atoms with van der Waals surface area (Å²) in [5, 5.41) is 3.17. The molecule has 108 valence electrons. The molecule has 1 aliphatic rings. The molecule has 18 heavy (non-hydrogen) atoms. The summed E-state index contributed by atoms with van der Waals surface area (Å²) in [6.07, 6.45) is 2.69. The maximum absolute atomic E-state index is 12.4. The van der Waals surface area contributed by atoms with Crippen molar-refractivity contribution in [3.63, 3.8) is 0 Å². The Labute approximate surface area is 108 Å². The molecule has 0 aliphatic heterocycles. The van der Waals surface area contributed by atoms with Gasteiger partial charge in [0.05, 0.1) is 6.54 Å². The average molecular weight is 266 g/mol. The van der Waals surface area contributed by atoms with E-state index in [0.717, 1.165) is 32.2 Å². The molecule has 0 amide bonds. The highest BCUT2D eigenvalue weighted by Gasteiger charge is 2.35. The van der Waals surface area contributed by atoms with Crippen LogP contribution in [0.2, 0.25) is 0 Å². The van der Waals surface area contributed by atoms with Gasteiger partial charge in [-0.05, 0) is 32.4 Å². The fraction of sp³-hybridized carbons (Fsp3) is 1.00. The van der Waals surface area contributed by atoms with E-state index in [-0.39, 0.29) is 5.41 Å². The molecule has 0 unspecified atom stereocenters.